The lowest BCUT2D eigenvalue weighted by molar-refractivity contribution is -0.139. The Bertz CT molecular complexity index is 653. The van der Waals surface area contributed by atoms with Crippen LogP contribution in [0.15, 0.2) is 35.5 Å². The van der Waals surface area contributed by atoms with Gasteiger partial charge in [0.1, 0.15) is 0 Å². The summed E-state index contributed by atoms with van der Waals surface area (Å²) in [6, 6.07) is 6.65. The van der Waals surface area contributed by atoms with Gasteiger partial charge >= 0.3 is 12.0 Å². The third-order valence-corrected chi connectivity index (χ3v) is 3.80. The molecule has 1 aliphatic rings. The normalized spacial score (nSPS) is 18.4. The highest BCUT2D eigenvalue weighted by atomic mass is 16.5. The van der Waals surface area contributed by atoms with Crippen molar-refractivity contribution in [3.63, 3.8) is 0 Å². The first kappa shape index (κ1) is 19.0. The standard InChI is InChI=1S/C18H25N3O4/c1-4-25-17(23)15-14(10-19-9-12(3)22)20-18(24)21-16(15)13-7-5-11(2)6-8-13/h5-8,12,16,19,22H,4,9-10H2,1-3H3,(H2,20,21,24)/t12-,16?/m1/s1. The fourth-order valence-electron chi connectivity index (χ4n) is 2.62. The van der Waals surface area contributed by atoms with Gasteiger partial charge in [0.05, 0.1) is 24.3 Å². The summed E-state index contributed by atoms with van der Waals surface area (Å²) in [4.78, 5) is 24.6. The van der Waals surface area contributed by atoms with Crippen molar-refractivity contribution < 1.29 is 19.4 Å². The zero-order valence-corrected chi connectivity index (χ0v) is 14.8. The van der Waals surface area contributed by atoms with Crippen LogP contribution in [-0.4, -0.2) is 42.9 Å². The Morgan fingerprint density at radius 1 is 1.36 bits per heavy atom. The summed E-state index contributed by atoms with van der Waals surface area (Å²) in [5.41, 5.74) is 2.71. The van der Waals surface area contributed by atoms with Crippen LogP contribution in [0.3, 0.4) is 0 Å². The summed E-state index contributed by atoms with van der Waals surface area (Å²) in [5.74, 6) is -0.477. The van der Waals surface area contributed by atoms with E-state index < -0.39 is 18.1 Å². The van der Waals surface area contributed by atoms with E-state index in [1.165, 1.54) is 0 Å². The number of ether oxygens (including phenoxy) is 1. The highest BCUT2D eigenvalue weighted by molar-refractivity contribution is 5.95. The van der Waals surface area contributed by atoms with Gasteiger partial charge < -0.3 is 25.8 Å². The molecule has 2 rings (SSSR count). The Morgan fingerprint density at radius 3 is 2.64 bits per heavy atom. The Labute approximate surface area is 147 Å². The van der Waals surface area contributed by atoms with Gasteiger partial charge in [0.2, 0.25) is 0 Å². The Hall–Kier alpha value is -2.38. The van der Waals surface area contributed by atoms with Crippen LogP contribution < -0.4 is 16.0 Å². The molecule has 7 nitrogen and oxygen atoms in total. The van der Waals surface area contributed by atoms with Crippen molar-refractivity contribution in [3.8, 4) is 0 Å². The zero-order chi connectivity index (χ0) is 18.4. The van der Waals surface area contributed by atoms with Gasteiger partial charge in [-0.1, -0.05) is 29.8 Å². The fourth-order valence-corrected chi connectivity index (χ4v) is 2.62. The summed E-state index contributed by atoms with van der Waals surface area (Å²) in [7, 11) is 0. The van der Waals surface area contributed by atoms with Crippen LogP contribution in [0.1, 0.15) is 31.0 Å². The van der Waals surface area contributed by atoms with Crippen LogP contribution in [0.5, 0.6) is 0 Å². The number of amides is 2. The SMILES string of the molecule is CCOC(=O)C1=C(CNC[C@@H](C)O)NC(=O)NC1c1ccc(C)cc1. The molecule has 2 atom stereocenters. The molecule has 0 radical (unpaired) electrons. The number of hydrogen-bond donors (Lipinski definition) is 4. The number of hydrogen-bond acceptors (Lipinski definition) is 5. The number of carbonyl (C=O) groups excluding carboxylic acids is 2. The van der Waals surface area contributed by atoms with Gasteiger partial charge in [0, 0.05) is 18.8 Å². The van der Waals surface area contributed by atoms with Crippen LogP contribution >= 0.6 is 0 Å². The number of carbonyl (C=O) groups is 2. The molecule has 1 heterocycles. The Morgan fingerprint density at radius 2 is 2.04 bits per heavy atom. The van der Waals surface area contributed by atoms with Crippen molar-refractivity contribution in [2.75, 3.05) is 19.7 Å². The van der Waals surface area contributed by atoms with Gasteiger partial charge in [-0.05, 0) is 26.3 Å². The average Bonchev–Trinajstić information content (AvgIpc) is 2.54. The number of nitrogens with one attached hydrogen (secondary N) is 3. The van der Waals surface area contributed by atoms with Gasteiger partial charge in [0.25, 0.3) is 0 Å². The number of rotatable bonds is 7. The minimum absolute atomic E-state index is 0.241. The van der Waals surface area contributed by atoms with E-state index in [4.69, 9.17) is 4.74 Å². The number of urea groups is 1. The molecule has 0 aliphatic carbocycles. The summed E-state index contributed by atoms with van der Waals surface area (Å²) in [5, 5.41) is 17.9. The minimum Gasteiger partial charge on any atom is -0.463 e. The lowest BCUT2D eigenvalue weighted by atomic mass is 9.94. The highest BCUT2D eigenvalue weighted by Crippen LogP contribution is 2.27. The largest absolute Gasteiger partial charge is 0.463 e. The maximum Gasteiger partial charge on any atom is 0.338 e. The van der Waals surface area contributed by atoms with E-state index in [9.17, 15) is 14.7 Å². The van der Waals surface area contributed by atoms with E-state index in [1.807, 2.05) is 31.2 Å². The first-order valence-corrected chi connectivity index (χ1v) is 8.35. The molecule has 0 spiro atoms. The van der Waals surface area contributed by atoms with Crippen molar-refractivity contribution in [2.45, 2.75) is 32.9 Å². The van der Waals surface area contributed by atoms with E-state index in [0.717, 1.165) is 11.1 Å². The molecular weight excluding hydrogens is 322 g/mol. The van der Waals surface area contributed by atoms with Crippen LogP contribution in [0.4, 0.5) is 4.79 Å². The summed E-state index contributed by atoms with van der Waals surface area (Å²) < 4.78 is 5.18. The molecular formula is C18H25N3O4. The first-order chi connectivity index (χ1) is 11.9. The van der Waals surface area contributed by atoms with Crippen molar-refractivity contribution in [3.05, 3.63) is 46.7 Å². The lowest BCUT2D eigenvalue weighted by Crippen LogP contribution is -2.48. The molecule has 4 N–H and O–H groups in total. The van der Waals surface area contributed by atoms with Gasteiger partial charge in [-0.15, -0.1) is 0 Å². The molecule has 2 amide bonds. The third kappa shape index (κ3) is 5.04. The predicted octanol–water partition coefficient (Wildman–Crippen LogP) is 1.14. The number of esters is 1. The molecule has 0 saturated carbocycles. The highest BCUT2D eigenvalue weighted by Gasteiger charge is 2.33. The maximum atomic E-state index is 12.5. The molecule has 1 unspecified atom stereocenters. The minimum atomic E-state index is -0.586. The Balaban J connectivity index is 2.38. The fraction of sp³-hybridized carbons (Fsp3) is 0.444. The monoisotopic (exact) mass is 347 g/mol. The molecule has 136 valence electrons. The zero-order valence-electron chi connectivity index (χ0n) is 14.8. The van der Waals surface area contributed by atoms with E-state index in [2.05, 4.69) is 16.0 Å². The van der Waals surface area contributed by atoms with Gasteiger partial charge in [-0.25, -0.2) is 9.59 Å². The molecule has 1 aliphatic heterocycles. The van der Waals surface area contributed by atoms with E-state index in [1.54, 1.807) is 13.8 Å². The molecule has 1 aromatic rings. The van der Waals surface area contributed by atoms with E-state index in [0.29, 0.717) is 17.8 Å². The number of aryl methyl sites for hydroxylation is 1. The average molecular weight is 347 g/mol. The van der Waals surface area contributed by atoms with E-state index >= 15 is 0 Å². The van der Waals surface area contributed by atoms with E-state index in [-0.39, 0.29) is 19.2 Å². The van der Waals surface area contributed by atoms with Crippen LogP contribution in [0.25, 0.3) is 0 Å². The second-order valence-corrected chi connectivity index (χ2v) is 6.03. The molecule has 1 aromatic carbocycles. The van der Waals surface area contributed by atoms with Crippen LogP contribution in [-0.2, 0) is 9.53 Å². The van der Waals surface area contributed by atoms with Gasteiger partial charge in [0.15, 0.2) is 0 Å². The van der Waals surface area contributed by atoms with Gasteiger partial charge in [-0.2, -0.15) is 0 Å². The molecule has 0 aromatic heterocycles. The topological polar surface area (TPSA) is 99.7 Å². The quantitative estimate of drug-likeness (QED) is 0.554. The molecule has 0 saturated heterocycles. The lowest BCUT2D eigenvalue weighted by Gasteiger charge is -2.29. The van der Waals surface area contributed by atoms with Crippen molar-refractivity contribution in [1.82, 2.24) is 16.0 Å². The summed E-state index contributed by atoms with van der Waals surface area (Å²) in [6.45, 7) is 6.19. The van der Waals surface area contributed by atoms with Crippen LogP contribution in [0, 0.1) is 6.92 Å². The maximum absolute atomic E-state index is 12.5. The molecule has 7 heteroatoms. The predicted molar refractivity (Wildman–Crippen MR) is 93.8 cm³/mol. The second kappa shape index (κ2) is 8.64. The third-order valence-electron chi connectivity index (χ3n) is 3.80. The molecule has 0 bridgehead atoms. The van der Waals surface area contributed by atoms with Crippen molar-refractivity contribution >= 4 is 12.0 Å². The number of aliphatic hydroxyl groups excluding tert-OH is 1. The molecule has 0 fully saturated rings. The van der Waals surface area contributed by atoms with Crippen molar-refractivity contribution in [2.24, 2.45) is 0 Å². The number of benzene rings is 1. The Kier molecular flexibility index (Phi) is 6.55. The van der Waals surface area contributed by atoms with Crippen LogP contribution in [0.2, 0.25) is 0 Å². The summed E-state index contributed by atoms with van der Waals surface area (Å²) in [6.07, 6.45) is -0.531. The van der Waals surface area contributed by atoms with Crippen molar-refractivity contribution in [1.29, 1.82) is 0 Å². The molecule has 25 heavy (non-hydrogen) atoms. The van der Waals surface area contributed by atoms with Gasteiger partial charge in [-0.3, -0.25) is 0 Å². The second-order valence-electron chi connectivity index (χ2n) is 6.03. The number of aliphatic hydroxyl groups is 1. The first-order valence-electron chi connectivity index (χ1n) is 8.35. The smallest absolute Gasteiger partial charge is 0.338 e. The summed E-state index contributed by atoms with van der Waals surface area (Å²) >= 11 is 0.